The summed E-state index contributed by atoms with van der Waals surface area (Å²) in [6.07, 6.45) is 0. The van der Waals surface area contributed by atoms with E-state index in [-0.39, 0.29) is 22.2 Å². The van der Waals surface area contributed by atoms with Crippen molar-refractivity contribution in [1.82, 2.24) is 4.98 Å². The highest BCUT2D eigenvalue weighted by molar-refractivity contribution is 7.90. The summed E-state index contributed by atoms with van der Waals surface area (Å²) in [5, 5.41) is 3.64. The van der Waals surface area contributed by atoms with Crippen molar-refractivity contribution in [2.24, 2.45) is 0 Å². The number of furan rings is 1. The van der Waals surface area contributed by atoms with E-state index < -0.39 is 15.7 Å². The Morgan fingerprint density at radius 2 is 1.89 bits per heavy atom. The van der Waals surface area contributed by atoms with Gasteiger partial charge in [-0.3, -0.25) is 10.1 Å². The smallest absolute Gasteiger partial charge is 0.293 e. The van der Waals surface area contributed by atoms with Crippen LogP contribution < -0.4 is 5.32 Å². The number of hydrogen-bond acceptors (Lipinski definition) is 6. The second kappa shape index (κ2) is 7.38. The molecule has 0 unspecified atom stereocenters. The van der Waals surface area contributed by atoms with Crippen molar-refractivity contribution in [1.29, 1.82) is 0 Å². The molecule has 4 rings (SSSR count). The molecule has 6 nitrogen and oxygen atoms in total. The zero-order chi connectivity index (χ0) is 19.7. The van der Waals surface area contributed by atoms with Gasteiger partial charge in [0.1, 0.15) is 11.5 Å². The van der Waals surface area contributed by atoms with Gasteiger partial charge in [-0.2, -0.15) is 0 Å². The Kier molecular flexibility index (Phi) is 4.92. The van der Waals surface area contributed by atoms with Crippen molar-refractivity contribution in [2.75, 3.05) is 5.32 Å². The van der Waals surface area contributed by atoms with Crippen LogP contribution in [0.3, 0.4) is 0 Å². The molecule has 0 radical (unpaired) electrons. The maximum atomic E-state index is 12.4. The van der Waals surface area contributed by atoms with Gasteiger partial charge in [0.2, 0.25) is 0 Å². The molecule has 0 saturated carbocycles. The van der Waals surface area contributed by atoms with E-state index in [4.69, 9.17) is 16.0 Å². The first-order valence-electron chi connectivity index (χ1n) is 8.15. The van der Waals surface area contributed by atoms with Gasteiger partial charge >= 0.3 is 0 Å². The van der Waals surface area contributed by atoms with E-state index in [0.29, 0.717) is 10.2 Å². The first-order valence-corrected chi connectivity index (χ1v) is 11.0. The number of nitrogens with one attached hydrogen (secondary N) is 1. The molecule has 4 aromatic rings. The summed E-state index contributed by atoms with van der Waals surface area (Å²) < 4.78 is 31.1. The van der Waals surface area contributed by atoms with Crippen molar-refractivity contribution in [3.05, 3.63) is 77.2 Å². The molecule has 1 N–H and O–H groups in total. The van der Waals surface area contributed by atoms with Crippen LogP contribution in [0, 0.1) is 0 Å². The number of fused-ring (bicyclic) bond motifs is 1. The van der Waals surface area contributed by atoms with Crippen molar-refractivity contribution < 1.29 is 17.6 Å². The second-order valence-corrected chi connectivity index (χ2v) is 9.38. The fourth-order valence-electron chi connectivity index (χ4n) is 2.59. The SMILES string of the molecule is O=C(Nc1nc2ccc(Cl)cc2s1)c1ccc(CS(=O)(=O)c2ccccc2)o1. The predicted molar refractivity (Wildman–Crippen MR) is 109 cm³/mol. The van der Waals surface area contributed by atoms with E-state index in [2.05, 4.69) is 10.3 Å². The molecule has 2 heterocycles. The van der Waals surface area contributed by atoms with E-state index in [0.717, 1.165) is 10.2 Å². The van der Waals surface area contributed by atoms with Crippen LogP contribution in [0.2, 0.25) is 5.02 Å². The lowest BCUT2D eigenvalue weighted by molar-refractivity contribution is 0.0995. The van der Waals surface area contributed by atoms with Crippen molar-refractivity contribution in [2.45, 2.75) is 10.6 Å². The van der Waals surface area contributed by atoms with E-state index in [1.165, 1.54) is 35.6 Å². The molecule has 0 saturated heterocycles. The molecule has 28 heavy (non-hydrogen) atoms. The number of amides is 1. The summed E-state index contributed by atoms with van der Waals surface area (Å²) in [5.74, 6) is -0.640. The van der Waals surface area contributed by atoms with Gasteiger partial charge < -0.3 is 4.42 Å². The van der Waals surface area contributed by atoms with Crippen LogP contribution in [-0.2, 0) is 15.6 Å². The molecule has 0 aliphatic heterocycles. The summed E-state index contributed by atoms with van der Waals surface area (Å²) in [4.78, 5) is 16.9. The highest BCUT2D eigenvalue weighted by Gasteiger charge is 2.19. The fraction of sp³-hybridized carbons (Fsp3) is 0.0526. The van der Waals surface area contributed by atoms with Crippen LogP contribution in [0.4, 0.5) is 5.13 Å². The quantitative estimate of drug-likeness (QED) is 0.490. The lowest BCUT2D eigenvalue weighted by Gasteiger charge is -2.02. The van der Waals surface area contributed by atoms with E-state index in [9.17, 15) is 13.2 Å². The average Bonchev–Trinajstić information content (AvgIpc) is 3.28. The van der Waals surface area contributed by atoms with Gasteiger partial charge in [-0.05, 0) is 42.5 Å². The molecular weight excluding hydrogens is 420 g/mol. The number of hydrogen-bond donors (Lipinski definition) is 1. The Labute approximate surface area is 169 Å². The van der Waals surface area contributed by atoms with Crippen LogP contribution in [-0.4, -0.2) is 19.3 Å². The molecule has 9 heteroatoms. The zero-order valence-electron chi connectivity index (χ0n) is 14.3. The van der Waals surface area contributed by atoms with Gasteiger partial charge in [-0.15, -0.1) is 0 Å². The minimum absolute atomic E-state index is 0.00977. The fourth-order valence-corrected chi connectivity index (χ4v) is 4.99. The largest absolute Gasteiger partial charge is 0.455 e. The monoisotopic (exact) mass is 432 g/mol. The van der Waals surface area contributed by atoms with Gasteiger partial charge in [0.15, 0.2) is 20.7 Å². The molecule has 0 spiro atoms. The summed E-state index contributed by atoms with van der Waals surface area (Å²) >= 11 is 7.24. The molecule has 2 aromatic heterocycles. The van der Waals surface area contributed by atoms with Gasteiger partial charge in [0.05, 0.1) is 15.1 Å². The Hall–Kier alpha value is -2.68. The third-order valence-electron chi connectivity index (χ3n) is 3.89. The molecule has 0 aliphatic carbocycles. The first kappa shape index (κ1) is 18.7. The number of benzene rings is 2. The van der Waals surface area contributed by atoms with Crippen molar-refractivity contribution in [3.63, 3.8) is 0 Å². The Balaban J connectivity index is 1.49. The van der Waals surface area contributed by atoms with E-state index in [1.807, 2.05) is 0 Å². The molecular formula is C19H13ClN2O4S2. The lowest BCUT2D eigenvalue weighted by atomic mass is 10.3. The highest BCUT2D eigenvalue weighted by atomic mass is 35.5. The number of aromatic nitrogens is 1. The lowest BCUT2D eigenvalue weighted by Crippen LogP contribution is -2.10. The van der Waals surface area contributed by atoms with E-state index in [1.54, 1.807) is 36.4 Å². The number of carbonyl (C=O) groups is 1. The van der Waals surface area contributed by atoms with Crippen LogP contribution in [0.5, 0.6) is 0 Å². The topological polar surface area (TPSA) is 89.3 Å². The first-order chi connectivity index (χ1) is 13.4. The number of anilines is 1. The van der Waals surface area contributed by atoms with E-state index >= 15 is 0 Å². The minimum atomic E-state index is -3.55. The summed E-state index contributed by atoms with van der Waals surface area (Å²) in [6.45, 7) is 0. The summed E-state index contributed by atoms with van der Waals surface area (Å²) in [5.41, 5.74) is 0.721. The Morgan fingerprint density at radius 3 is 2.68 bits per heavy atom. The molecule has 2 aromatic carbocycles. The number of nitrogens with zero attached hydrogens (tertiary/aromatic N) is 1. The van der Waals surface area contributed by atoms with Crippen LogP contribution in [0.1, 0.15) is 16.3 Å². The Bertz CT molecular complexity index is 1260. The maximum Gasteiger partial charge on any atom is 0.293 e. The minimum Gasteiger partial charge on any atom is -0.455 e. The summed E-state index contributed by atoms with van der Waals surface area (Å²) in [7, 11) is -3.55. The van der Waals surface area contributed by atoms with Crippen LogP contribution in [0.25, 0.3) is 10.2 Å². The number of carbonyl (C=O) groups excluding carboxylic acids is 1. The highest BCUT2D eigenvalue weighted by Crippen LogP contribution is 2.28. The molecule has 142 valence electrons. The van der Waals surface area contributed by atoms with Gasteiger partial charge in [0.25, 0.3) is 5.91 Å². The molecule has 0 aliphatic rings. The number of thiazole rings is 1. The Morgan fingerprint density at radius 1 is 1.11 bits per heavy atom. The van der Waals surface area contributed by atoms with Crippen molar-refractivity contribution in [3.8, 4) is 0 Å². The molecule has 0 fully saturated rings. The molecule has 0 bridgehead atoms. The average molecular weight is 433 g/mol. The number of sulfone groups is 1. The third kappa shape index (κ3) is 3.94. The summed E-state index contributed by atoms with van der Waals surface area (Å²) in [6, 6.07) is 16.3. The number of rotatable bonds is 5. The predicted octanol–water partition coefficient (Wildman–Crippen LogP) is 4.77. The van der Waals surface area contributed by atoms with Crippen LogP contribution >= 0.6 is 22.9 Å². The van der Waals surface area contributed by atoms with Gasteiger partial charge in [-0.25, -0.2) is 13.4 Å². The van der Waals surface area contributed by atoms with Crippen molar-refractivity contribution >= 4 is 54.0 Å². The second-order valence-electron chi connectivity index (χ2n) is 5.92. The van der Waals surface area contributed by atoms with Gasteiger partial charge in [-0.1, -0.05) is 41.1 Å². The normalized spacial score (nSPS) is 11.6. The molecule has 0 atom stereocenters. The van der Waals surface area contributed by atoms with Gasteiger partial charge in [0, 0.05) is 5.02 Å². The third-order valence-corrected chi connectivity index (χ3v) is 6.71. The van der Waals surface area contributed by atoms with Crippen LogP contribution in [0.15, 0.2) is 70.0 Å². The number of halogens is 1. The zero-order valence-corrected chi connectivity index (χ0v) is 16.6. The molecule has 1 amide bonds. The maximum absolute atomic E-state index is 12.4. The standard InChI is InChI=1S/C19H13ClN2O4S2/c20-12-6-8-15-17(10-12)27-19(21-15)22-18(23)16-9-7-13(26-16)11-28(24,25)14-4-2-1-3-5-14/h1-10H,11H2,(H,21,22,23).